The topological polar surface area (TPSA) is 87.2 Å². The Kier molecular flexibility index (Phi) is 7.43. The van der Waals surface area contributed by atoms with Crippen molar-refractivity contribution >= 4 is 37.5 Å². The highest BCUT2D eigenvalue weighted by molar-refractivity contribution is 9.10. The Balaban J connectivity index is 0.000000197. The predicted molar refractivity (Wildman–Crippen MR) is 109 cm³/mol. The Labute approximate surface area is 168 Å². The molecule has 3 rings (SSSR count). The van der Waals surface area contributed by atoms with Gasteiger partial charge in [-0.2, -0.15) is 5.10 Å². The van der Waals surface area contributed by atoms with E-state index in [1.807, 2.05) is 43.3 Å². The maximum Gasteiger partial charge on any atom is 0.147 e. The van der Waals surface area contributed by atoms with Crippen molar-refractivity contribution in [2.24, 2.45) is 5.84 Å². The number of aromatic nitrogens is 3. The molecule has 0 bridgehead atoms. The number of aryl methyl sites for hydroxylation is 1. The summed E-state index contributed by atoms with van der Waals surface area (Å²) in [7, 11) is 3.23. The van der Waals surface area contributed by atoms with Gasteiger partial charge in [-0.1, -0.05) is 31.9 Å². The Morgan fingerprint density at radius 3 is 2.15 bits per heavy atom. The molecule has 0 saturated heterocycles. The molecule has 0 unspecified atom stereocenters. The molecule has 0 saturated carbocycles. The largest absolute Gasteiger partial charge is 0.494 e. The number of methoxy groups -OCH3 is 2. The van der Waals surface area contributed by atoms with E-state index in [-0.39, 0.29) is 0 Å². The number of hydrogen-bond donors (Lipinski definition) is 2. The lowest BCUT2D eigenvalue weighted by atomic mass is 10.3. The molecule has 0 aliphatic carbocycles. The van der Waals surface area contributed by atoms with Crippen LogP contribution in [-0.2, 0) is 0 Å². The first kappa shape index (κ1) is 20.2. The molecule has 9 heteroatoms. The summed E-state index contributed by atoms with van der Waals surface area (Å²) >= 11 is 6.71. The van der Waals surface area contributed by atoms with Crippen LogP contribution in [0.4, 0.5) is 5.69 Å². The zero-order valence-corrected chi connectivity index (χ0v) is 17.7. The van der Waals surface area contributed by atoms with Gasteiger partial charge in [-0.25, -0.2) is 9.67 Å². The first-order valence-corrected chi connectivity index (χ1v) is 9.09. The fraction of sp³-hybridized carbons (Fsp3) is 0.176. The van der Waals surface area contributed by atoms with E-state index < -0.39 is 0 Å². The third kappa shape index (κ3) is 5.20. The average Bonchev–Trinajstić information content (AvgIpc) is 3.08. The third-order valence-corrected chi connectivity index (χ3v) is 4.30. The van der Waals surface area contributed by atoms with Crippen LogP contribution in [0.25, 0.3) is 5.69 Å². The van der Waals surface area contributed by atoms with Crippen LogP contribution >= 0.6 is 31.9 Å². The number of anilines is 1. The van der Waals surface area contributed by atoms with Crippen molar-refractivity contribution in [1.29, 1.82) is 0 Å². The van der Waals surface area contributed by atoms with E-state index >= 15 is 0 Å². The third-order valence-electron chi connectivity index (χ3n) is 3.31. The molecule has 2 aromatic carbocycles. The van der Waals surface area contributed by atoms with Crippen molar-refractivity contribution in [2.75, 3.05) is 19.6 Å². The van der Waals surface area contributed by atoms with Gasteiger partial charge in [0.25, 0.3) is 0 Å². The molecule has 0 atom stereocenters. The molecular formula is C17H19Br2N5O2. The molecular weight excluding hydrogens is 466 g/mol. The zero-order valence-electron chi connectivity index (χ0n) is 14.5. The fourth-order valence-corrected chi connectivity index (χ4v) is 2.77. The lowest BCUT2D eigenvalue weighted by Gasteiger charge is -2.07. The minimum Gasteiger partial charge on any atom is -0.494 e. The van der Waals surface area contributed by atoms with Crippen LogP contribution in [0.2, 0.25) is 0 Å². The number of benzene rings is 2. The standard InChI is InChI=1S/C10H10BrN3O.C7H9BrN2O/c1-7-12-6-14(13-7)9-4-3-8(11)5-10(9)15-2;1-11-7-4-5(8)2-3-6(7)10-9/h3-6H,1-2H3;2-4,10H,9H2,1H3. The van der Waals surface area contributed by atoms with Gasteiger partial charge < -0.3 is 14.9 Å². The number of nitrogens with one attached hydrogen (secondary N) is 1. The fourth-order valence-electron chi connectivity index (χ4n) is 2.09. The molecule has 0 aliphatic heterocycles. The molecule has 7 nitrogen and oxygen atoms in total. The Morgan fingerprint density at radius 2 is 1.62 bits per heavy atom. The number of halogens is 2. The monoisotopic (exact) mass is 483 g/mol. The van der Waals surface area contributed by atoms with Crippen molar-refractivity contribution in [3.05, 3.63) is 57.5 Å². The zero-order chi connectivity index (χ0) is 19.1. The highest BCUT2D eigenvalue weighted by atomic mass is 79.9. The van der Waals surface area contributed by atoms with E-state index in [0.29, 0.717) is 0 Å². The van der Waals surface area contributed by atoms with Crippen LogP contribution in [0.3, 0.4) is 0 Å². The number of hydrogen-bond acceptors (Lipinski definition) is 6. The van der Waals surface area contributed by atoms with Crippen molar-refractivity contribution < 1.29 is 9.47 Å². The van der Waals surface area contributed by atoms with E-state index in [2.05, 4.69) is 47.4 Å². The second-order valence-electron chi connectivity index (χ2n) is 5.04. The number of ether oxygens (including phenoxy) is 2. The predicted octanol–water partition coefficient (Wildman–Crippen LogP) is 4.09. The molecule has 3 N–H and O–H groups in total. The summed E-state index contributed by atoms with van der Waals surface area (Å²) < 4.78 is 13.9. The quantitative estimate of drug-likeness (QED) is 0.428. The lowest BCUT2D eigenvalue weighted by molar-refractivity contribution is 0.411. The maximum absolute atomic E-state index is 5.27. The van der Waals surface area contributed by atoms with Crippen LogP contribution in [0, 0.1) is 6.92 Å². The van der Waals surface area contributed by atoms with Gasteiger partial charge in [0.05, 0.1) is 19.9 Å². The van der Waals surface area contributed by atoms with E-state index in [0.717, 1.165) is 37.6 Å². The Hall–Kier alpha value is -2.10. The van der Waals surface area contributed by atoms with Crippen LogP contribution in [0.15, 0.2) is 51.7 Å². The van der Waals surface area contributed by atoms with Crippen LogP contribution < -0.4 is 20.7 Å². The molecule has 1 heterocycles. The van der Waals surface area contributed by atoms with Gasteiger partial charge in [-0.15, -0.1) is 0 Å². The van der Waals surface area contributed by atoms with Crippen molar-refractivity contribution in [3.8, 4) is 17.2 Å². The average molecular weight is 485 g/mol. The molecule has 0 amide bonds. The molecule has 0 aliphatic rings. The molecule has 26 heavy (non-hydrogen) atoms. The summed E-state index contributed by atoms with van der Waals surface area (Å²) in [5.74, 6) is 7.45. The molecule has 0 radical (unpaired) electrons. The summed E-state index contributed by atoms with van der Waals surface area (Å²) in [4.78, 5) is 4.08. The van der Waals surface area contributed by atoms with Gasteiger partial charge in [-0.05, 0) is 43.3 Å². The smallest absolute Gasteiger partial charge is 0.147 e. The lowest BCUT2D eigenvalue weighted by Crippen LogP contribution is -2.07. The molecule has 138 valence electrons. The second-order valence-corrected chi connectivity index (χ2v) is 6.87. The van der Waals surface area contributed by atoms with E-state index in [9.17, 15) is 0 Å². The van der Waals surface area contributed by atoms with Crippen molar-refractivity contribution in [2.45, 2.75) is 6.92 Å². The summed E-state index contributed by atoms with van der Waals surface area (Å²) in [6, 6.07) is 11.3. The minimum absolute atomic E-state index is 0.724. The van der Waals surface area contributed by atoms with Gasteiger partial charge in [-0.3, -0.25) is 5.84 Å². The number of hydrazine groups is 1. The summed E-state index contributed by atoms with van der Waals surface area (Å²) in [6.07, 6.45) is 1.67. The van der Waals surface area contributed by atoms with Crippen LogP contribution in [0.1, 0.15) is 5.82 Å². The number of nitrogen functional groups attached to an aromatic ring is 1. The first-order valence-electron chi connectivity index (χ1n) is 7.50. The van der Waals surface area contributed by atoms with Crippen LogP contribution in [0.5, 0.6) is 11.5 Å². The molecule has 1 aromatic heterocycles. The van der Waals surface area contributed by atoms with E-state index in [4.69, 9.17) is 15.3 Å². The van der Waals surface area contributed by atoms with Crippen molar-refractivity contribution in [1.82, 2.24) is 14.8 Å². The van der Waals surface area contributed by atoms with Gasteiger partial charge >= 0.3 is 0 Å². The van der Waals surface area contributed by atoms with Gasteiger partial charge in [0.15, 0.2) is 0 Å². The first-order chi connectivity index (χ1) is 12.5. The summed E-state index contributed by atoms with van der Waals surface area (Å²) in [5.41, 5.74) is 4.18. The normalized spacial score (nSPS) is 9.92. The Morgan fingerprint density at radius 1 is 1.00 bits per heavy atom. The highest BCUT2D eigenvalue weighted by Crippen LogP contribution is 2.27. The van der Waals surface area contributed by atoms with Crippen molar-refractivity contribution in [3.63, 3.8) is 0 Å². The van der Waals surface area contributed by atoms with E-state index in [1.54, 1.807) is 25.2 Å². The van der Waals surface area contributed by atoms with Gasteiger partial charge in [0.2, 0.25) is 0 Å². The van der Waals surface area contributed by atoms with Gasteiger partial charge in [0.1, 0.15) is 29.3 Å². The SMILES string of the molecule is COc1cc(Br)ccc1-n1cnc(C)n1.COc1cc(Br)ccc1NN. The maximum atomic E-state index is 5.27. The number of rotatable bonds is 4. The number of nitrogens with two attached hydrogens (primary N) is 1. The second kappa shape index (κ2) is 9.56. The molecule has 3 aromatic rings. The molecule has 0 spiro atoms. The summed E-state index contributed by atoms with van der Waals surface area (Å²) in [6.45, 7) is 1.85. The summed E-state index contributed by atoms with van der Waals surface area (Å²) in [5, 5.41) is 4.23. The highest BCUT2D eigenvalue weighted by Gasteiger charge is 2.07. The molecule has 0 fully saturated rings. The van der Waals surface area contributed by atoms with Gasteiger partial charge in [0, 0.05) is 8.95 Å². The minimum atomic E-state index is 0.724. The van der Waals surface area contributed by atoms with E-state index in [1.165, 1.54) is 0 Å². The van der Waals surface area contributed by atoms with Crippen LogP contribution in [-0.4, -0.2) is 29.0 Å². The Bertz CT molecular complexity index is 870. The number of nitrogens with zero attached hydrogens (tertiary/aromatic N) is 3.